The minimum absolute atomic E-state index is 0.0132. The highest BCUT2D eigenvalue weighted by Crippen LogP contribution is 2.38. The number of hydrogen-bond donors (Lipinski definition) is 2. The maximum Gasteiger partial charge on any atom is 0.248 e. The molecule has 2 fully saturated rings. The van der Waals surface area contributed by atoms with Crippen molar-refractivity contribution >= 4 is 44.8 Å². The smallest absolute Gasteiger partial charge is 0.248 e. The molecule has 1 amide bonds. The van der Waals surface area contributed by atoms with E-state index in [1.54, 1.807) is 12.3 Å². The van der Waals surface area contributed by atoms with Crippen LogP contribution in [0.15, 0.2) is 73.1 Å². The highest BCUT2D eigenvalue weighted by molar-refractivity contribution is 6.05. The van der Waals surface area contributed by atoms with E-state index in [0.29, 0.717) is 65.4 Å². The van der Waals surface area contributed by atoms with Gasteiger partial charge in [-0.2, -0.15) is 10.4 Å². The zero-order chi connectivity index (χ0) is 33.8. The van der Waals surface area contributed by atoms with Crippen molar-refractivity contribution in [3.63, 3.8) is 0 Å². The number of carbonyl (C=O) groups is 1. The number of rotatable bonds is 11. The van der Waals surface area contributed by atoms with E-state index >= 15 is 0 Å². The second-order valence-electron chi connectivity index (χ2n) is 12.6. The minimum Gasteiger partial charge on any atom is -0.492 e. The van der Waals surface area contributed by atoms with E-state index < -0.39 is 0 Å². The summed E-state index contributed by atoms with van der Waals surface area (Å²) in [5.41, 5.74) is 5.51. The van der Waals surface area contributed by atoms with Crippen molar-refractivity contribution in [2.75, 3.05) is 43.5 Å². The van der Waals surface area contributed by atoms with E-state index in [9.17, 15) is 10.1 Å². The maximum absolute atomic E-state index is 13.2. The van der Waals surface area contributed by atoms with Gasteiger partial charge in [-0.25, -0.2) is 0 Å². The standard InChI is InChI=1S/C38H40N8O3/c1-3-31-30(22-39)37(41-27-11-12-32-26(19-27)23-46(44-32)24-28-9-5-6-15-40-28)29-20-34(35(48-4-2)21-33(29)42-31)43-36(47)10-7-16-45-17-8-13-38(25-45)14-18-49-38/h5-7,9-12,15,19-21,23H,3-4,8,13-14,16-18,24-25H2,1-2H3,(H,41,42)(H,43,47)/b10-7+. The molecule has 1 unspecified atom stereocenters. The topological polar surface area (TPSA) is 130 Å². The van der Waals surface area contributed by atoms with Gasteiger partial charge in [0.05, 0.1) is 64.7 Å². The Morgan fingerprint density at radius 3 is 2.82 bits per heavy atom. The third kappa shape index (κ3) is 6.97. The van der Waals surface area contributed by atoms with Crippen LogP contribution in [0.3, 0.4) is 0 Å². The number of carbonyl (C=O) groups excluding carboxylic acids is 1. The Kier molecular flexibility index (Phi) is 9.24. The first-order valence-electron chi connectivity index (χ1n) is 17.0. The summed E-state index contributed by atoms with van der Waals surface area (Å²) in [5.74, 6) is 0.261. The zero-order valence-electron chi connectivity index (χ0n) is 27.9. The molecule has 1 atom stereocenters. The molecule has 5 heterocycles. The Morgan fingerprint density at radius 2 is 2.06 bits per heavy atom. The summed E-state index contributed by atoms with van der Waals surface area (Å²) in [4.78, 5) is 24.8. The molecule has 1 spiro atoms. The summed E-state index contributed by atoms with van der Waals surface area (Å²) in [7, 11) is 0. The van der Waals surface area contributed by atoms with E-state index in [1.807, 2.05) is 79.3 Å². The average Bonchev–Trinajstić information content (AvgIpc) is 3.50. The number of benzene rings is 2. The van der Waals surface area contributed by atoms with Crippen LogP contribution in [0.1, 0.15) is 50.1 Å². The molecule has 3 aromatic heterocycles. The number of pyridine rings is 2. The van der Waals surface area contributed by atoms with Crippen LogP contribution in [0.5, 0.6) is 5.75 Å². The fraction of sp³-hybridized carbons (Fsp3) is 0.342. The number of aromatic nitrogens is 4. The Hall–Kier alpha value is -5.31. The van der Waals surface area contributed by atoms with Crippen LogP contribution in [0.4, 0.5) is 17.1 Å². The molecule has 11 heteroatoms. The monoisotopic (exact) mass is 656 g/mol. The molecule has 2 saturated heterocycles. The molecule has 2 aliphatic heterocycles. The van der Waals surface area contributed by atoms with Crippen molar-refractivity contribution in [1.82, 2.24) is 24.6 Å². The number of aryl methyl sites for hydroxylation is 1. The molecule has 5 aromatic rings. The molecule has 0 aliphatic carbocycles. The van der Waals surface area contributed by atoms with E-state index in [1.165, 1.54) is 0 Å². The fourth-order valence-electron chi connectivity index (χ4n) is 6.80. The summed E-state index contributed by atoms with van der Waals surface area (Å²) >= 11 is 0. The second kappa shape index (κ2) is 14.0. The zero-order valence-corrected chi connectivity index (χ0v) is 27.9. The van der Waals surface area contributed by atoms with Crippen LogP contribution in [0.2, 0.25) is 0 Å². The highest BCUT2D eigenvalue weighted by Gasteiger charge is 2.41. The van der Waals surface area contributed by atoms with E-state index in [2.05, 4.69) is 26.6 Å². The first-order chi connectivity index (χ1) is 24.0. The van der Waals surface area contributed by atoms with Crippen LogP contribution < -0.4 is 15.4 Å². The molecule has 250 valence electrons. The molecular formula is C38H40N8O3. The van der Waals surface area contributed by atoms with Gasteiger partial charge in [-0.05, 0) is 69.1 Å². The molecule has 2 N–H and O–H groups in total. The third-order valence-corrected chi connectivity index (χ3v) is 9.25. The summed E-state index contributed by atoms with van der Waals surface area (Å²) in [6.45, 7) is 8.29. The maximum atomic E-state index is 13.2. The number of anilines is 3. The summed E-state index contributed by atoms with van der Waals surface area (Å²) < 4.78 is 13.7. The lowest BCUT2D eigenvalue weighted by Crippen LogP contribution is -2.55. The van der Waals surface area contributed by atoms with Crippen molar-refractivity contribution in [2.45, 2.75) is 51.7 Å². The van der Waals surface area contributed by atoms with Gasteiger partial charge in [0, 0.05) is 60.5 Å². The van der Waals surface area contributed by atoms with E-state index in [0.717, 1.165) is 61.2 Å². The Morgan fingerprint density at radius 1 is 1.16 bits per heavy atom. The van der Waals surface area contributed by atoms with Gasteiger partial charge in [0.2, 0.25) is 5.91 Å². The SMILES string of the molecule is CCOc1cc2nc(CC)c(C#N)c(Nc3ccc4nn(Cc5ccccn5)cc4c3)c2cc1NC(=O)/C=C/CN1CCCC2(CCO2)C1. The van der Waals surface area contributed by atoms with Crippen molar-refractivity contribution < 1.29 is 14.3 Å². The number of likely N-dealkylation sites (tertiary alicyclic amines) is 1. The predicted molar refractivity (Wildman–Crippen MR) is 190 cm³/mol. The molecule has 0 radical (unpaired) electrons. The molecule has 7 rings (SSSR count). The molecule has 0 bridgehead atoms. The van der Waals surface area contributed by atoms with Crippen LogP contribution in [0.25, 0.3) is 21.8 Å². The molecule has 2 aromatic carbocycles. The van der Waals surface area contributed by atoms with Crippen molar-refractivity contribution in [3.05, 3.63) is 90.0 Å². The van der Waals surface area contributed by atoms with Crippen molar-refractivity contribution in [3.8, 4) is 11.8 Å². The summed E-state index contributed by atoms with van der Waals surface area (Å²) in [6, 6.07) is 17.8. The van der Waals surface area contributed by atoms with Gasteiger partial charge in [-0.3, -0.25) is 24.3 Å². The number of fused-ring (bicyclic) bond motifs is 2. The van der Waals surface area contributed by atoms with Gasteiger partial charge in [-0.15, -0.1) is 0 Å². The molecule has 0 saturated carbocycles. The lowest BCUT2D eigenvalue weighted by molar-refractivity contribution is -0.175. The minimum atomic E-state index is -0.256. The Bertz CT molecular complexity index is 2060. The first kappa shape index (κ1) is 32.2. The predicted octanol–water partition coefficient (Wildman–Crippen LogP) is 6.35. The Balaban J connectivity index is 1.17. The van der Waals surface area contributed by atoms with Crippen LogP contribution >= 0.6 is 0 Å². The van der Waals surface area contributed by atoms with E-state index in [-0.39, 0.29) is 11.5 Å². The molecule has 11 nitrogen and oxygen atoms in total. The lowest BCUT2D eigenvalue weighted by Gasteiger charge is -2.48. The number of hydrogen-bond acceptors (Lipinski definition) is 9. The lowest BCUT2D eigenvalue weighted by atomic mass is 9.86. The van der Waals surface area contributed by atoms with Gasteiger partial charge < -0.3 is 20.1 Å². The van der Waals surface area contributed by atoms with E-state index in [4.69, 9.17) is 19.6 Å². The Labute approximate surface area is 285 Å². The number of nitriles is 1. The first-order valence-corrected chi connectivity index (χ1v) is 17.0. The van der Waals surface area contributed by atoms with Gasteiger partial charge in [0.1, 0.15) is 11.8 Å². The van der Waals surface area contributed by atoms with Crippen LogP contribution in [-0.2, 0) is 22.5 Å². The van der Waals surface area contributed by atoms with Gasteiger partial charge >= 0.3 is 0 Å². The highest BCUT2D eigenvalue weighted by atomic mass is 16.5. The van der Waals surface area contributed by atoms with Crippen LogP contribution in [-0.4, -0.2) is 69.0 Å². The largest absolute Gasteiger partial charge is 0.492 e. The average molecular weight is 657 g/mol. The number of amides is 1. The summed E-state index contributed by atoms with van der Waals surface area (Å²) in [5, 5.41) is 23.2. The second-order valence-corrected chi connectivity index (χ2v) is 12.6. The number of ether oxygens (including phenoxy) is 2. The third-order valence-electron chi connectivity index (χ3n) is 9.25. The van der Waals surface area contributed by atoms with Crippen LogP contribution in [0, 0.1) is 11.3 Å². The number of nitrogens with one attached hydrogen (secondary N) is 2. The van der Waals surface area contributed by atoms with Crippen molar-refractivity contribution in [2.24, 2.45) is 0 Å². The quantitative estimate of drug-likeness (QED) is 0.156. The fourth-order valence-corrected chi connectivity index (χ4v) is 6.80. The molecular weight excluding hydrogens is 616 g/mol. The van der Waals surface area contributed by atoms with Gasteiger partial charge in [-0.1, -0.05) is 19.1 Å². The van der Waals surface area contributed by atoms with Gasteiger partial charge in [0.15, 0.2) is 0 Å². The number of piperidine rings is 1. The number of nitrogens with zero attached hydrogens (tertiary/aromatic N) is 6. The normalized spacial score (nSPS) is 17.7. The molecule has 49 heavy (non-hydrogen) atoms. The van der Waals surface area contributed by atoms with Gasteiger partial charge in [0.25, 0.3) is 0 Å². The molecule has 2 aliphatic rings. The van der Waals surface area contributed by atoms with Crippen molar-refractivity contribution in [1.29, 1.82) is 5.26 Å². The summed E-state index contributed by atoms with van der Waals surface area (Å²) in [6.07, 6.45) is 11.1.